The van der Waals surface area contributed by atoms with Crippen molar-refractivity contribution < 1.29 is 9.90 Å². The third-order valence-electron chi connectivity index (χ3n) is 3.22. The summed E-state index contributed by atoms with van der Waals surface area (Å²) < 4.78 is 0. The summed E-state index contributed by atoms with van der Waals surface area (Å²) in [4.78, 5) is 11.8. The fraction of sp³-hybridized carbons (Fsp3) is 0.500. The van der Waals surface area contributed by atoms with Crippen LogP contribution in [0.1, 0.15) is 38.3 Å². The van der Waals surface area contributed by atoms with Gasteiger partial charge >= 0.3 is 0 Å². The minimum Gasteiger partial charge on any atom is -0.508 e. The molecule has 1 fully saturated rings. The summed E-state index contributed by atoms with van der Waals surface area (Å²) in [6.45, 7) is 3.78. The lowest BCUT2D eigenvalue weighted by molar-refractivity contribution is -0.123. The first-order valence-electron chi connectivity index (χ1n) is 6.42. The van der Waals surface area contributed by atoms with E-state index in [1.807, 2.05) is 26.0 Å². The van der Waals surface area contributed by atoms with E-state index in [9.17, 15) is 9.90 Å². The second kappa shape index (κ2) is 5.40. The van der Waals surface area contributed by atoms with Gasteiger partial charge in [0.05, 0.1) is 6.04 Å². The van der Waals surface area contributed by atoms with Gasteiger partial charge in [-0.15, -0.1) is 0 Å². The van der Waals surface area contributed by atoms with Crippen molar-refractivity contribution in [2.24, 2.45) is 0 Å². The van der Waals surface area contributed by atoms with E-state index < -0.39 is 0 Å². The molecule has 1 aliphatic rings. The molecule has 0 aliphatic heterocycles. The van der Waals surface area contributed by atoms with Crippen LogP contribution in [0.2, 0.25) is 0 Å². The highest BCUT2D eigenvalue weighted by Crippen LogP contribution is 2.23. The minimum absolute atomic E-state index is 0.0276. The molecule has 4 nitrogen and oxygen atoms in total. The molecule has 0 aromatic heterocycles. The van der Waals surface area contributed by atoms with Crippen LogP contribution >= 0.6 is 0 Å². The topological polar surface area (TPSA) is 61.4 Å². The summed E-state index contributed by atoms with van der Waals surface area (Å²) in [6, 6.07) is 7.23. The van der Waals surface area contributed by atoms with Crippen LogP contribution in [-0.2, 0) is 4.79 Å². The fourth-order valence-corrected chi connectivity index (χ4v) is 1.95. The number of amides is 1. The Balaban J connectivity index is 1.91. The average Bonchev–Trinajstić information content (AvgIpc) is 3.13. The Morgan fingerprint density at radius 1 is 1.33 bits per heavy atom. The molecule has 0 radical (unpaired) electrons. The van der Waals surface area contributed by atoms with Crippen molar-refractivity contribution in [2.45, 2.75) is 44.8 Å². The Kier molecular flexibility index (Phi) is 3.87. The molecule has 2 unspecified atom stereocenters. The van der Waals surface area contributed by atoms with Crippen LogP contribution in [0, 0.1) is 0 Å². The Morgan fingerprint density at radius 3 is 2.61 bits per heavy atom. The zero-order valence-electron chi connectivity index (χ0n) is 10.8. The number of hydrogen-bond acceptors (Lipinski definition) is 3. The van der Waals surface area contributed by atoms with Crippen LogP contribution in [0.5, 0.6) is 5.75 Å². The fourth-order valence-electron chi connectivity index (χ4n) is 1.95. The van der Waals surface area contributed by atoms with Crippen molar-refractivity contribution in [3.63, 3.8) is 0 Å². The molecule has 1 aromatic rings. The van der Waals surface area contributed by atoms with Gasteiger partial charge in [-0.2, -0.15) is 0 Å². The van der Waals surface area contributed by atoms with Crippen LogP contribution in [0.25, 0.3) is 0 Å². The standard InChI is InChI=1S/C14H20N2O2/c1-9(12-5-3-4-6-13(12)17)15-10(2)14(18)16-11-7-8-11/h3-6,9-11,15,17H,7-8H2,1-2H3,(H,16,18). The zero-order chi connectivity index (χ0) is 13.1. The lowest BCUT2D eigenvalue weighted by atomic mass is 10.1. The van der Waals surface area contributed by atoms with Crippen molar-refractivity contribution in [3.8, 4) is 5.75 Å². The first kappa shape index (κ1) is 12.9. The Morgan fingerprint density at radius 2 is 2.00 bits per heavy atom. The van der Waals surface area contributed by atoms with Crippen LogP contribution < -0.4 is 10.6 Å². The monoisotopic (exact) mass is 248 g/mol. The molecule has 2 atom stereocenters. The van der Waals surface area contributed by atoms with E-state index >= 15 is 0 Å². The molecule has 0 spiro atoms. The summed E-state index contributed by atoms with van der Waals surface area (Å²) in [7, 11) is 0. The predicted molar refractivity (Wildman–Crippen MR) is 70.3 cm³/mol. The summed E-state index contributed by atoms with van der Waals surface area (Å²) in [6.07, 6.45) is 2.18. The molecule has 1 aliphatic carbocycles. The highest BCUT2D eigenvalue weighted by molar-refractivity contribution is 5.81. The molecule has 2 rings (SSSR count). The van der Waals surface area contributed by atoms with E-state index in [1.54, 1.807) is 12.1 Å². The van der Waals surface area contributed by atoms with Crippen LogP contribution in [0.3, 0.4) is 0 Å². The average molecular weight is 248 g/mol. The molecular weight excluding hydrogens is 228 g/mol. The maximum Gasteiger partial charge on any atom is 0.237 e. The number of aromatic hydroxyl groups is 1. The number of phenolic OH excluding ortho intramolecular Hbond substituents is 1. The van der Waals surface area contributed by atoms with E-state index in [2.05, 4.69) is 10.6 Å². The molecule has 3 N–H and O–H groups in total. The van der Waals surface area contributed by atoms with E-state index in [4.69, 9.17) is 0 Å². The lowest BCUT2D eigenvalue weighted by Crippen LogP contribution is -2.43. The second-order valence-electron chi connectivity index (χ2n) is 4.95. The number of para-hydroxylation sites is 1. The molecular formula is C14H20N2O2. The number of rotatable bonds is 5. The third kappa shape index (κ3) is 3.23. The smallest absolute Gasteiger partial charge is 0.237 e. The van der Waals surface area contributed by atoms with Crippen molar-refractivity contribution in [1.29, 1.82) is 0 Å². The number of carbonyl (C=O) groups excluding carboxylic acids is 1. The lowest BCUT2D eigenvalue weighted by Gasteiger charge is -2.20. The number of carbonyl (C=O) groups is 1. The van der Waals surface area contributed by atoms with Crippen LogP contribution in [0.15, 0.2) is 24.3 Å². The van der Waals surface area contributed by atoms with Gasteiger partial charge in [0.2, 0.25) is 5.91 Å². The maximum absolute atomic E-state index is 11.8. The van der Waals surface area contributed by atoms with Crippen LogP contribution in [-0.4, -0.2) is 23.1 Å². The molecule has 1 amide bonds. The van der Waals surface area contributed by atoms with E-state index in [0.29, 0.717) is 6.04 Å². The number of phenols is 1. The van der Waals surface area contributed by atoms with E-state index in [-0.39, 0.29) is 23.7 Å². The van der Waals surface area contributed by atoms with Crippen molar-refractivity contribution in [1.82, 2.24) is 10.6 Å². The molecule has 18 heavy (non-hydrogen) atoms. The van der Waals surface area contributed by atoms with Crippen molar-refractivity contribution in [3.05, 3.63) is 29.8 Å². The maximum atomic E-state index is 11.8. The summed E-state index contributed by atoms with van der Waals surface area (Å²) in [5.74, 6) is 0.284. The number of benzene rings is 1. The van der Waals surface area contributed by atoms with Crippen LogP contribution in [0.4, 0.5) is 0 Å². The summed E-state index contributed by atoms with van der Waals surface area (Å²) in [5, 5.41) is 15.9. The Labute approximate surface area is 107 Å². The Bertz CT molecular complexity index is 430. The van der Waals surface area contributed by atoms with Gasteiger partial charge in [0.25, 0.3) is 0 Å². The Hall–Kier alpha value is -1.55. The SMILES string of the molecule is CC(NC(C)c1ccccc1O)C(=O)NC1CC1. The minimum atomic E-state index is -0.264. The van der Waals surface area contributed by atoms with Gasteiger partial charge in [0.15, 0.2) is 0 Å². The molecule has 98 valence electrons. The summed E-state index contributed by atoms with van der Waals surface area (Å²) in [5.41, 5.74) is 0.809. The second-order valence-corrected chi connectivity index (χ2v) is 4.95. The van der Waals surface area contributed by atoms with Gasteiger partial charge in [-0.05, 0) is 32.8 Å². The van der Waals surface area contributed by atoms with Gasteiger partial charge in [-0.25, -0.2) is 0 Å². The highest BCUT2D eigenvalue weighted by atomic mass is 16.3. The molecule has 1 aromatic carbocycles. The first-order chi connectivity index (χ1) is 8.58. The van der Waals surface area contributed by atoms with Gasteiger partial charge in [-0.3, -0.25) is 10.1 Å². The van der Waals surface area contributed by atoms with E-state index in [1.165, 1.54) is 0 Å². The largest absolute Gasteiger partial charge is 0.508 e. The predicted octanol–water partition coefficient (Wildman–Crippen LogP) is 1.71. The third-order valence-corrected chi connectivity index (χ3v) is 3.22. The molecule has 1 saturated carbocycles. The quantitative estimate of drug-likeness (QED) is 0.743. The molecule has 4 heteroatoms. The molecule has 0 bridgehead atoms. The van der Waals surface area contributed by atoms with Gasteiger partial charge in [0, 0.05) is 17.6 Å². The first-order valence-corrected chi connectivity index (χ1v) is 6.42. The highest BCUT2D eigenvalue weighted by Gasteiger charge is 2.26. The van der Waals surface area contributed by atoms with E-state index in [0.717, 1.165) is 18.4 Å². The van der Waals surface area contributed by atoms with Gasteiger partial charge in [-0.1, -0.05) is 18.2 Å². The normalized spacial score (nSPS) is 18.1. The number of nitrogens with one attached hydrogen (secondary N) is 2. The molecule has 0 heterocycles. The molecule has 0 saturated heterocycles. The zero-order valence-corrected chi connectivity index (χ0v) is 10.8. The van der Waals surface area contributed by atoms with Crippen molar-refractivity contribution in [2.75, 3.05) is 0 Å². The number of hydrogen-bond donors (Lipinski definition) is 3. The summed E-state index contributed by atoms with van der Waals surface area (Å²) >= 11 is 0. The van der Waals surface area contributed by atoms with Gasteiger partial charge < -0.3 is 10.4 Å². The van der Waals surface area contributed by atoms with Crippen molar-refractivity contribution >= 4 is 5.91 Å². The van der Waals surface area contributed by atoms with Gasteiger partial charge in [0.1, 0.15) is 5.75 Å².